The number of imide groups is 4. The molecule has 0 radical (unpaired) electrons. The van der Waals surface area contributed by atoms with Gasteiger partial charge < -0.3 is 38.8 Å². The minimum Gasteiger partial charge on any atom is -0.508 e. The summed E-state index contributed by atoms with van der Waals surface area (Å²) in [6.07, 6.45) is -5.42. The number of nitrogens with zero attached hydrogens (tertiary/aromatic N) is 4. The number of carbonyl (C=O) groups is 11. The van der Waals surface area contributed by atoms with Gasteiger partial charge in [-0.3, -0.25) is 29.3 Å². The molecular formula is C42H66N6O18. The number of Topliss-reactive ketones (excluding diaryl/α,β-unsaturated/α-hetero) is 1. The number of likely N-dealkylation sites (tertiary alicyclic amines) is 1. The Kier molecular flexibility index (Phi) is 18.5. The Bertz CT molecular complexity index is 1890. The lowest BCUT2D eigenvalue weighted by atomic mass is 10.2. The first-order chi connectivity index (χ1) is 29.4. The zero-order chi connectivity index (χ0) is 51.9. The van der Waals surface area contributed by atoms with Crippen LogP contribution in [0.5, 0.6) is 0 Å². The van der Waals surface area contributed by atoms with E-state index >= 15 is 0 Å². The zero-order valence-corrected chi connectivity index (χ0v) is 41.1. The summed E-state index contributed by atoms with van der Waals surface area (Å²) in [6.45, 7) is 27.8. The fourth-order valence-electron chi connectivity index (χ4n) is 4.80. The van der Waals surface area contributed by atoms with Crippen molar-refractivity contribution in [3.05, 3.63) is 11.5 Å². The highest BCUT2D eigenvalue weighted by Gasteiger charge is 2.46. The van der Waals surface area contributed by atoms with E-state index in [9.17, 15) is 57.8 Å². The van der Waals surface area contributed by atoms with Crippen molar-refractivity contribution >= 4 is 66.0 Å². The van der Waals surface area contributed by atoms with Crippen LogP contribution in [-0.4, -0.2) is 157 Å². The quantitative estimate of drug-likeness (QED) is 0.247. The van der Waals surface area contributed by atoms with Crippen molar-refractivity contribution in [3.8, 4) is 0 Å². The number of piperazine rings is 1. The Morgan fingerprint density at radius 3 is 1.12 bits per heavy atom. The van der Waals surface area contributed by atoms with Gasteiger partial charge in [0.25, 0.3) is 23.6 Å². The number of alkyl carbamates (subject to hydrolysis) is 2. The van der Waals surface area contributed by atoms with Gasteiger partial charge in [-0.15, -0.1) is 0 Å². The molecule has 3 N–H and O–H groups in total. The van der Waals surface area contributed by atoms with Gasteiger partial charge >= 0.3 is 36.6 Å². The van der Waals surface area contributed by atoms with Crippen LogP contribution < -0.4 is 10.6 Å². The second kappa shape index (κ2) is 21.2. The monoisotopic (exact) mass is 942 g/mol. The van der Waals surface area contributed by atoms with Gasteiger partial charge in [0.2, 0.25) is 0 Å². The third-order valence-electron chi connectivity index (χ3n) is 7.14. The van der Waals surface area contributed by atoms with Crippen LogP contribution in [-0.2, 0) is 52.4 Å². The van der Waals surface area contributed by atoms with Gasteiger partial charge in [0.1, 0.15) is 58.2 Å². The van der Waals surface area contributed by atoms with E-state index in [1.54, 1.807) is 125 Å². The Morgan fingerprint density at radius 2 is 0.773 bits per heavy atom. The summed E-state index contributed by atoms with van der Waals surface area (Å²) in [5.41, 5.74) is -5.07. The topological polar surface area (TPSA) is 300 Å². The standard InChI is InChI=1S/3C14H22N2O6/c1-13(2,3)21-11(19)15-7-10(18)16(8-9(15)17)12(20)22-14(4,5)6;2*1-13(2,3)21-11(19)15-9-8(17)7-16(10(9)18)12(20)22-14(4,5)6/h7-8H2,1-6H3;17H,7H2,1-6H3,(H,15,19);9H,7H2,1-6H3,(H,15,19). The molecule has 0 saturated carbocycles. The van der Waals surface area contributed by atoms with Crippen molar-refractivity contribution in [3.63, 3.8) is 0 Å². The minimum absolute atomic E-state index is 0.362. The van der Waals surface area contributed by atoms with Crippen LogP contribution in [0.15, 0.2) is 11.5 Å². The minimum atomic E-state index is -1.43. The molecule has 0 spiro atoms. The van der Waals surface area contributed by atoms with Gasteiger partial charge in [-0.05, 0) is 125 Å². The Balaban J connectivity index is 0.000000495. The van der Waals surface area contributed by atoms with Crippen molar-refractivity contribution in [2.45, 2.75) is 164 Å². The Labute approximate surface area is 383 Å². The van der Waals surface area contributed by atoms with E-state index < -0.39 is 131 Å². The number of amides is 10. The first kappa shape index (κ1) is 57.5. The summed E-state index contributed by atoms with van der Waals surface area (Å²) < 4.78 is 30.2. The number of carbonyl (C=O) groups excluding carboxylic acids is 11. The first-order valence-electron chi connectivity index (χ1n) is 20.5. The molecule has 3 aliphatic heterocycles. The number of hydrogen-bond acceptors (Lipinski definition) is 18. The maximum Gasteiger partial charge on any atom is 0.417 e. The summed E-state index contributed by atoms with van der Waals surface area (Å²) in [4.78, 5) is 133. The summed E-state index contributed by atoms with van der Waals surface area (Å²) in [7, 11) is 0. The third-order valence-corrected chi connectivity index (χ3v) is 7.14. The average molecular weight is 943 g/mol. The SMILES string of the molecule is CC(C)(C)OC(=O)N1CC(=O)N(C(=O)OC(C)(C)C)CC1=O.CC(C)(C)OC(=O)NC1=C(O)CN(C(=O)OC(C)(C)C)C1=O.CC(C)(C)OC(=O)NC1C(=O)CN(C(=O)OC(C)(C)C)C1=O. The highest BCUT2D eigenvalue weighted by Crippen LogP contribution is 2.21. The van der Waals surface area contributed by atoms with E-state index in [0.29, 0.717) is 19.6 Å². The molecule has 24 heteroatoms. The van der Waals surface area contributed by atoms with Crippen molar-refractivity contribution in [1.82, 2.24) is 30.2 Å². The summed E-state index contributed by atoms with van der Waals surface area (Å²) >= 11 is 0. The number of aliphatic hydroxyl groups is 1. The Morgan fingerprint density at radius 1 is 0.455 bits per heavy atom. The molecule has 2 fully saturated rings. The maximum absolute atomic E-state index is 12.1. The molecule has 10 amide bonds. The van der Waals surface area contributed by atoms with Crippen LogP contribution >= 0.6 is 0 Å². The molecule has 0 aliphatic carbocycles. The number of ether oxygens (including phenoxy) is 6. The van der Waals surface area contributed by atoms with Crippen molar-refractivity contribution < 1.29 is 86.3 Å². The highest BCUT2D eigenvalue weighted by molar-refractivity contribution is 6.18. The molecule has 1 atom stereocenters. The van der Waals surface area contributed by atoms with Crippen LogP contribution in [0.2, 0.25) is 0 Å². The fraction of sp³-hybridized carbons (Fsp3) is 0.690. The van der Waals surface area contributed by atoms with Crippen LogP contribution in [0.4, 0.5) is 28.8 Å². The van der Waals surface area contributed by atoms with Crippen LogP contribution in [0, 0.1) is 0 Å². The second-order valence-electron chi connectivity index (χ2n) is 20.7. The molecular weight excluding hydrogens is 876 g/mol. The lowest BCUT2D eigenvalue weighted by Gasteiger charge is -2.33. The smallest absolute Gasteiger partial charge is 0.417 e. The average Bonchev–Trinajstić information content (AvgIpc) is 3.50. The predicted molar refractivity (Wildman–Crippen MR) is 229 cm³/mol. The van der Waals surface area contributed by atoms with E-state index in [2.05, 4.69) is 10.6 Å². The number of aliphatic hydroxyl groups excluding tert-OH is 1. The lowest BCUT2D eigenvalue weighted by Crippen LogP contribution is -2.58. The molecule has 3 rings (SSSR count). The van der Waals surface area contributed by atoms with E-state index in [4.69, 9.17) is 28.4 Å². The maximum atomic E-state index is 12.1. The molecule has 3 heterocycles. The molecule has 0 bridgehead atoms. The summed E-state index contributed by atoms with van der Waals surface area (Å²) in [5.74, 6) is -4.09. The highest BCUT2D eigenvalue weighted by atomic mass is 16.6. The van der Waals surface area contributed by atoms with Gasteiger partial charge in [-0.25, -0.2) is 48.4 Å². The number of ketones is 1. The van der Waals surface area contributed by atoms with Crippen molar-refractivity contribution in [1.29, 1.82) is 0 Å². The van der Waals surface area contributed by atoms with E-state index in [1.165, 1.54) is 0 Å². The number of rotatable bonds is 2. The van der Waals surface area contributed by atoms with E-state index in [1.807, 2.05) is 0 Å². The van der Waals surface area contributed by atoms with Gasteiger partial charge in [0, 0.05) is 0 Å². The van der Waals surface area contributed by atoms with Gasteiger partial charge in [0.15, 0.2) is 11.8 Å². The zero-order valence-electron chi connectivity index (χ0n) is 41.1. The van der Waals surface area contributed by atoms with Gasteiger partial charge in [-0.2, -0.15) is 0 Å². The van der Waals surface area contributed by atoms with Crippen molar-refractivity contribution in [2.24, 2.45) is 0 Å². The van der Waals surface area contributed by atoms with Crippen LogP contribution in [0.3, 0.4) is 0 Å². The molecule has 0 aromatic heterocycles. The molecule has 0 aromatic carbocycles. The number of nitrogens with one attached hydrogen (secondary N) is 2. The lowest BCUT2D eigenvalue weighted by molar-refractivity contribution is -0.148. The van der Waals surface area contributed by atoms with Crippen LogP contribution in [0.25, 0.3) is 0 Å². The summed E-state index contributed by atoms with van der Waals surface area (Å²) in [6, 6.07) is -1.43. The molecule has 0 aromatic rings. The molecule has 2 saturated heterocycles. The molecule has 3 aliphatic rings. The normalized spacial score (nSPS) is 17.2. The van der Waals surface area contributed by atoms with Gasteiger partial charge in [-0.1, -0.05) is 0 Å². The first-order valence-corrected chi connectivity index (χ1v) is 20.5. The molecule has 1 unspecified atom stereocenters. The molecule has 372 valence electrons. The summed E-state index contributed by atoms with van der Waals surface area (Å²) in [5, 5.41) is 14.1. The Hall–Kier alpha value is -6.49. The van der Waals surface area contributed by atoms with Gasteiger partial charge in [0.05, 0.1) is 13.1 Å². The van der Waals surface area contributed by atoms with E-state index in [-0.39, 0.29) is 12.2 Å². The predicted octanol–water partition coefficient (Wildman–Crippen LogP) is 4.81. The molecule has 24 nitrogen and oxygen atoms in total. The third kappa shape index (κ3) is 20.1. The molecule has 66 heavy (non-hydrogen) atoms. The number of hydrogen-bond donors (Lipinski definition) is 3. The van der Waals surface area contributed by atoms with Crippen molar-refractivity contribution in [2.75, 3.05) is 26.2 Å². The van der Waals surface area contributed by atoms with Crippen LogP contribution in [0.1, 0.15) is 125 Å². The fourth-order valence-corrected chi connectivity index (χ4v) is 4.80. The van der Waals surface area contributed by atoms with E-state index in [0.717, 1.165) is 0 Å². The second-order valence-corrected chi connectivity index (χ2v) is 20.7. The largest absolute Gasteiger partial charge is 0.508 e.